The van der Waals surface area contributed by atoms with Crippen LogP contribution in [0.1, 0.15) is 19.8 Å². The molecule has 6 nitrogen and oxygen atoms in total. The fourth-order valence-corrected chi connectivity index (χ4v) is 3.43. The third-order valence-electron chi connectivity index (χ3n) is 2.48. The van der Waals surface area contributed by atoms with Gasteiger partial charge in [-0.1, -0.05) is 13.0 Å². The van der Waals surface area contributed by atoms with Gasteiger partial charge in [-0.25, -0.2) is 13.1 Å². The van der Waals surface area contributed by atoms with Crippen LogP contribution in [0.2, 0.25) is 0 Å². The standard InChI is InChI=1S/C11H18N2O4S2/c1-2-9(8-14)13-10(15)5-6-12-19(16,17)11-4-3-7-18-11/h3-4,7,9,12,14H,2,5-6,8H2,1H3,(H,13,15). The first-order chi connectivity index (χ1) is 8.99. The number of aliphatic hydroxyl groups is 1. The van der Waals surface area contributed by atoms with E-state index in [0.717, 1.165) is 11.3 Å². The Bertz CT molecular complexity index is 481. The molecule has 19 heavy (non-hydrogen) atoms. The Hall–Kier alpha value is -0.960. The summed E-state index contributed by atoms with van der Waals surface area (Å²) < 4.78 is 26.1. The van der Waals surface area contributed by atoms with Gasteiger partial charge in [0, 0.05) is 13.0 Å². The van der Waals surface area contributed by atoms with Crippen LogP contribution in [0, 0.1) is 0 Å². The summed E-state index contributed by atoms with van der Waals surface area (Å²) in [6, 6.07) is 2.88. The summed E-state index contributed by atoms with van der Waals surface area (Å²) in [6.07, 6.45) is 0.671. The van der Waals surface area contributed by atoms with Gasteiger partial charge < -0.3 is 10.4 Å². The van der Waals surface area contributed by atoms with Gasteiger partial charge in [-0.05, 0) is 17.9 Å². The fourth-order valence-electron chi connectivity index (χ4n) is 1.36. The second-order valence-electron chi connectivity index (χ2n) is 3.94. The normalized spacial score (nSPS) is 13.2. The average molecular weight is 306 g/mol. The summed E-state index contributed by atoms with van der Waals surface area (Å²) in [6.45, 7) is 1.76. The van der Waals surface area contributed by atoms with E-state index in [0.29, 0.717) is 6.42 Å². The summed E-state index contributed by atoms with van der Waals surface area (Å²) in [5, 5.41) is 13.2. The van der Waals surface area contributed by atoms with E-state index in [-0.39, 0.29) is 35.7 Å². The minimum Gasteiger partial charge on any atom is -0.394 e. The first-order valence-electron chi connectivity index (χ1n) is 5.93. The van der Waals surface area contributed by atoms with E-state index in [1.165, 1.54) is 6.07 Å². The third-order valence-corrected chi connectivity index (χ3v) is 5.34. The van der Waals surface area contributed by atoms with Crippen molar-refractivity contribution in [1.82, 2.24) is 10.0 Å². The van der Waals surface area contributed by atoms with Crippen molar-refractivity contribution >= 4 is 27.3 Å². The highest BCUT2D eigenvalue weighted by atomic mass is 32.2. The number of thiophene rings is 1. The van der Waals surface area contributed by atoms with Gasteiger partial charge in [-0.15, -0.1) is 11.3 Å². The second-order valence-corrected chi connectivity index (χ2v) is 6.88. The molecule has 0 radical (unpaired) electrons. The summed E-state index contributed by atoms with van der Waals surface area (Å²) in [7, 11) is -3.51. The van der Waals surface area contributed by atoms with Crippen LogP contribution in [-0.4, -0.2) is 38.6 Å². The zero-order valence-electron chi connectivity index (χ0n) is 10.6. The van der Waals surface area contributed by atoms with E-state index in [4.69, 9.17) is 5.11 Å². The van der Waals surface area contributed by atoms with Crippen molar-refractivity contribution in [2.75, 3.05) is 13.2 Å². The molecule has 0 saturated heterocycles. The lowest BCUT2D eigenvalue weighted by atomic mass is 10.2. The molecule has 1 aromatic rings. The molecule has 0 spiro atoms. The molecule has 108 valence electrons. The Morgan fingerprint density at radius 2 is 2.26 bits per heavy atom. The van der Waals surface area contributed by atoms with Crippen LogP contribution < -0.4 is 10.0 Å². The van der Waals surface area contributed by atoms with Gasteiger partial charge in [0.1, 0.15) is 4.21 Å². The number of carbonyl (C=O) groups excluding carboxylic acids is 1. The quantitative estimate of drug-likeness (QED) is 0.644. The summed E-state index contributed by atoms with van der Waals surface area (Å²) in [5.74, 6) is -0.283. The molecule has 1 amide bonds. The molecule has 1 heterocycles. The minimum absolute atomic E-state index is 0.0356. The van der Waals surface area contributed by atoms with Gasteiger partial charge in [-0.3, -0.25) is 4.79 Å². The summed E-state index contributed by atoms with van der Waals surface area (Å²) in [5.41, 5.74) is 0. The Morgan fingerprint density at radius 1 is 1.53 bits per heavy atom. The predicted octanol–water partition coefficient (Wildman–Crippen LogP) is 0.304. The number of rotatable bonds is 8. The first kappa shape index (κ1) is 16.1. The van der Waals surface area contributed by atoms with Gasteiger partial charge in [0.15, 0.2) is 0 Å². The smallest absolute Gasteiger partial charge is 0.250 e. The van der Waals surface area contributed by atoms with Crippen molar-refractivity contribution in [3.8, 4) is 0 Å². The number of hydrogen-bond acceptors (Lipinski definition) is 5. The topological polar surface area (TPSA) is 95.5 Å². The van der Waals surface area contributed by atoms with Gasteiger partial charge in [0.2, 0.25) is 15.9 Å². The maximum absolute atomic E-state index is 11.7. The van der Waals surface area contributed by atoms with Crippen LogP contribution in [0.4, 0.5) is 0 Å². The van der Waals surface area contributed by atoms with E-state index < -0.39 is 10.0 Å². The number of sulfonamides is 1. The highest BCUT2D eigenvalue weighted by Gasteiger charge is 2.15. The van der Waals surface area contributed by atoms with E-state index in [1.54, 1.807) is 11.4 Å². The highest BCUT2D eigenvalue weighted by molar-refractivity contribution is 7.91. The van der Waals surface area contributed by atoms with Gasteiger partial charge in [0.05, 0.1) is 12.6 Å². The number of amides is 1. The van der Waals surface area contributed by atoms with Crippen molar-refractivity contribution in [2.45, 2.75) is 30.0 Å². The van der Waals surface area contributed by atoms with Crippen molar-refractivity contribution < 1.29 is 18.3 Å². The fraction of sp³-hybridized carbons (Fsp3) is 0.545. The molecule has 0 bridgehead atoms. The van der Waals surface area contributed by atoms with E-state index in [1.807, 2.05) is 6.92 Å². The maximum atomic E-state index is 11.7. The van der Waals surface area contributed by atoms with Crippen molar-refractivity contribution in [3.63, 3.8) is 0 Å². The lowest BCUT2D eigenvalue weighted by Crippen LogP contribution is -2.38. The molecule has 0 saturated carbocycles. The molecule has 0 aliphatic rings. The Morgan fingerprint density at radius 3 is 2.79 bits per heavy atom. The second kappa shape index (κ2) is 7.59. The first-order valence-corrected chi connectivity index (χ1v) is 8.29. The summed E-state index contributed by atoms with van der Waals surface area (Å²) in [4.78, 5) is 11.5. The van der Waals surface area contributed by atoms with Crippen LogP contribution in [0.3, 0.4) is 0 Å². The van der Waals surface area contributed by atoms with Crippen molar-refractivity contribution in [2.24, 2.45) is 0 Å². The molecule has 1 unspecified atom stereocenters. The zero-order valence-corrected chi connectivity index (χ0v) is 12.3. The molecular formula is C11H18N2O4S2. The highest BCUT2D eigenvalue weighted by Crippen LogP contribution is 2.14. The molecule has 8 heteroatoms. The van der Waals surface area contributed by atoms with Gasteiger partial charge in [-0.2, -0.15) is 0 Å². The van der Waals surface area contributed by atoms with Crippen LogP contribution in [-0.2, 0) is 14.8 Å². The SMILES string of the molecule is CCC(CO)NC(=O)CCNS(=O)(=O)c1cccs1. The molecule has 3 N–H and O–H groups in total. The molecule has 0 fully saturated rings. The molecule has 0 aliphatic heterocycles. The largest absolute Gasteiger partial charge is 0.394 e. The van der Waals surface area contributed by atoms with E-state index >= 15 is 0 Å². The third kappa shape index (κ3) is 5.27. The monoisotopic (exact) mass is 306 g/mol. The van der Waals surface area contributed by atoms with E-state index in [2.05, 4.69) is 10.0 Å². The lowest BCUT2D eigenvalue weighted by Gasteiger charge is -2.13. The Kier molecular flexibility index (Phi) is 6.43. The van der Waals surface area contributed by atoms with Crippen LogP contribution in [0.25, 0.3) is 0 Å². The van der Waals surface area contributed by atoms with Crippen molar-refractivity contribution in [3.05, 3.63) is 17.5 Å². The number of nitrogens with one attached hydrogen (secondary N) is 2. The molecule has 1 aromatic heterocycles. The Labute approximate surface area is 116 Å². The van der Waals surface area contributed by atoms with Gasteiger partial charge in [0.25, 0.3) is 0 Å². The minimum atomic E-state index is -3.51. The van der Waals surface area contributed by atoms with E-state index in [9.17, 15) is 13.2 Å². The number of hydrogen-bond donors (Lipinski definition) is 3. The van der Waals surface area contributed by atoms with Crippen molar-refractivity contribution in [1.29, 1.82) is 0 Å². The molecule has 0 aliphatic carbocycles. The molecule has 0 aromatic carbocycles. The zero-order chi connectivity index (χ0) is 14.3. The lowest BCUT2D eigenvalue weighted by molar-refractivity contribution is -0.121. The van der Waals surface area contributed by atoms with Crippen LogP contribution >= 0.6 is 11.3 Å². The summed E-state index contributed by atoms with van der Waals surface area (Å²) >= 11 is 1.12. The maximum Gasteiger partial charge on any atom is 0.250 e. The average Bonchev–Trinajstić information content (AvgIpc) is 2.90. The number of aliphatic hydroxyl groups excluding tert-OH is 1. The number of carbonyl (C=O) groups is 1. The molecular weight excluding hydrogens is 288 g/mol. The molecule has 1 atom stereocenters. The Balaban J connectivity index is 2.36. The van der Waals surface area contributed by atoms with Gasteiger partial charge >= 0.3 is 0 Å². The predicted molar refractivity (Wildman–Crippen MR) is 73.4 cm³/mol. The van der Waals surface area contributed by atoms with Crippen LogP contribution in [0.5, 0.6) is 0 Å². The van der Waals surface area contributed by atoms with Crippen LogP contribution in [0.15, 0.2) is 21.7 Å². The molecule has 1 rings (SSSR count).